The first kappa shape index (κ1) is 15.8. The minimum Gasteiger partial charge on any atom is -0.462 e. The highest BCUT2D eigenvalue weighted by molar-refractivity contribution is 6.02. The van der Waals surface area contributed by atoms with Crippen molar-refractivity contribution in [1.82, 2.24) is 0 Å². The molecule has 0 radical (unpaired) electrons. The predicted octanol–water partition coefficient (Wildman–Crippen LogP) is 3.80. The van der Waals surface area contributed by atoms with Crippen LogP contribution in [0, 0.1) is 6.92 Å². The van der Waals surface area contributed by atoms with E-state index in [-0.39, 0.29) is 17.6 Å². The zero-order valence-electron chi connectivity index (χ0n) is 12.7. The van der Waals surface area contributed by atoms with Crippen molar-refractivity contribution in [2.24, 2.45) is 0 Å². The number of benzene rings is 1. The highest BCUT2D eigenvalue weighted by atomic mass is 16.5. The Bertz CT molecular complexity index is 643. The van der Waals surface area contributed by atoms with Crippen molar-refractivity contribution < 1.29 is 18.7 Å². The fraction of sp³-hybridized carbons (Fsp3) is 0.294. The number of ether oxygens (including phenoxy) is 1. The van der Waals surface area contributed by atoms with Gasteiger partial charge in [-0.05, 0) is 49.7 Å². The minimum atomic E-state index is -0.354. The molecule has 1 amide bonds. The van der Waals surface area contributed by atoms with Crippen LogP contribution in [0.3, 0.4) is 0 Å². The Morgan fingerprint density at radius 1 is 1.14 bits per heavy atom. The van der Waals surface area contributed by atoms with Gasteiger partial charge in [-0.3, -0.25) is 4.79 Å². The Balaban J connectivity index is 1.94. The second kappa shape index (κ2) is 7.45. The van der Waals surface area contributed by atoms with E-state index in [0.717, 1.165) is 12.8 Å². The molecule has 1 aromatic heterocycles. The van der Waals surface area contributed by atoms with E-state index in [1.54, 1.807) is 43.3 Å². The van der Waals surface area contributed by atoms with Crippen molar-refractivity contribution in [3.05, 3.63) is 53.5 Å². The van der Waals surface area contributed by atoms with Crippen molar-refractivity contribution in [1.29, 1.82) is 0 Å². The summed E-state index contributed by atoms with van der Waals surface area (Å²) in [6.45, 7) is 4.23. The third kappa shape index (κ3) is 4.22. The molecule has 1 heterocycles. The van der Waals surface area contributed by atoms with Crippen molar-refractivity contribution in [3.8, 4) is 0 Å². The Kier molecular flexibility index (Phi) is 5.36. The van der Waals surface area contributed by atoms with Crippen LogP contribution in [0.1, 0.15) is 46.4 Å². The van der Waals surface area contributed by atoms with Crippen LogP contribution in [0.2, 0.25) is 0 Å². The minimum absolute atomic E-state index is 0.251. The highest BCUT2D eigenvalue weighted by Crippen LogP contribution is 2.13. The maximum absolute atomic E-state index is 11.9. The summed E-state index contributed by atoms with van der Waals surface area (Å²) in [6.07, 6.45) is 1.83. The maximum Gasteiger partial charge on any atom is 0.338 e. The summed E-state index contributed by atoms with van der Waals surface area (Å²) in [6, 6.07) is 9.90. The van der Waals surface area contributed by atoms with Gasteiger partial charge in [0.15, 0.2) is 5.76 Å². The number of nitrogens with one attached hydrogen (secondary N) is 1. The van der Waals surface area contributed by atoms with Crippen molar-refractivity contribution in [2.75, 3.05) is 11.9 Å². The summed E-state index contributed by atoms with van der Waals surface area (Å²) in [4.78, 5) is 23.7. The van der Waals surface area contributed by atoms with E-state index >= 15 is 0 Å². The summed E-state index contributed by atoms with van der Waals surface area (Å²) in [5.41, 5.74) is 1.05. The molecule has 0 bridgehead atoms. The molecule has 22 heavy (non-hydrogen) atoms. The number of esters is 1. The first-order valence-electron chi connectivity index (χ1n) is 7.25. The quantitative estimate of drug-likeness (QED) is 0.651. The number of furan rings is 1. The third-order valence-electron chi connectivity index (χ3n) is 3.07. The summed E-state index contributed by atoms with van der Waals surface area (Å²) >= 11 is 0. The molecular formula is C17H19NO4. The average molecular weight is 301 g/mol. The molecule has 0 aliphatic carbocycles. The lowest BCUT2D eigenvalue weighted by Crippen LogP contribution is -2.11. The molecule has 0 fully saturated rings. The standard InChI is InChI=1S/C17H19NO4/c1-3-4-11-21-17(20)13-6-8-14(9-7-13)18-16(19)15-10-5-12(2)22-15/h5-10H,3-4,11H2,1-2H3,(H,18,19). The van der Waals surface area contributed by atoms with E-state index in [0.29, 0.717) is 23.6 Å². The SMILES string of the molecule is CCCCOC(=O)c1ccc(NC(=O)c2ccc(C)o2)cc1. The Labute approximate surface area is 129 Å². The zero-order chi connectivity index (χ0) is 15.9. The second-order valence-corrected chi connectivity index (χ2v) is 4.93. The molecule has 1 aromatic carbocycles. The highest BCUT2D eigenvalue weighted by Gasteiger charge is 2.11. The number of carbonyl (C=O) groups is 2. The molecule has 0 unspecified atom stereocenters. The van der Waals surface area contributed by atoms with Crippen molar-refractivity contribution in [2.45, 2.75) is 26.7 Å². The third-order valence-corrected chi connectivity index (χ3v) is 3.07. The molecule has 0 saturated carbocycles. The monoisotopic (exact) mass is 301 g/mol. The maximum atomic E-state index is 11.9. The number of unbranched alkanes of at least 4 members (excludes halogenated alkanes) is 1. The predicted molar refractivity (Wildman–Crippen MR) is 83.0 cm³/mol. The van der Waals surface area contributed by atoms with E-state index in [9.17, 15) is 9.59 Å². The van der Waals surface area contributed by atoms with Gasteiger partial charge in [-0.2, -0.15) is 0 Å². The van der Waals surface area contributed by atoms with Crippen LogP contribution in [0.15, 0.2) is 40.8 Å². The van der Waals surface area contributed by atoms with E-state index in [1.165, 1.54) is 0 Å². The number of carbonyl (C=O) groups excluding carboxylic acids is 2. The van der Waals surface area contributed by atoms with Crippen LogP contribution in [-0.4, -0.2) is 18.5 Å². The lowest BCUT2D eigenvalue weighted by Gasteiger charge is -2.06. The van der Waals surface area contributed by atoms with Gasteiger partial charge in [0.1, 0.15) is 5.76 Å². The molecule has 1 N–H and O–H groups in total. The first-order chi connectivity index (χ1) is 10.6. The summed E-state index contributed by atoms with van der Waals surface area (Å²) in [5.74, 6) is 0.246. The van der Waals surface area contributed by atoms with Crippen LogP contribution < -0.4 is 5.32 Å². The van der Waals surface area contributed by atoms with Gasteiger partial charge in [0, 0.05) is 5.69 Å². The zero-order valence-corrected chi connectivity index (χ0v) is 12.7. The molecule has 2 aromatic rings. The van der Waals surface area contributed by atoms with E-state index in [4.69, 9.17) is 9.15 Å². The molecule has 0 spiro atoms. The number of hydrogen-bond donors (Lipinski definition) is 1. The van der Waals surface area contributed by atoms with Gasteiger partial charge >= 0.3 is 5.97 Å². The van der Waals surface area contributed by atoms with Crippen LogP contribution in [0.5, 0.6) is 0 Å². The molecule has 5 nitrogen and oxygen atoms in total. The fourth-order valence-electron chi connectivity index (χ4n) is 1.83. The van der Waals surface area contributed by atoms with Gasteiger partial charge in [-0.15, -0.1) is 0 Å². The second-order valence-electron chi connectivity index (χ2n) is 4.93. The molecule has 0 aliphatic rings. The largest absolute Gasteiger partial charge is 0.462 e. The number of anilines is 1. The lowest BCUT2D eigenvalue weighted by atomic mass is 10.2. The number of hydrogen-bond acceptors (Lipinski definition) is 4. The molecular weight excluding hydrogens is 282 g/mol. The Morgan fingerprint density at radius 2 is 1.86 bits per heavy atom. The van der Waals surface area contributed by atoms with E-state index in [1.807, 2.05) is 6.92 Å². The Morgan fingerprint density at radius 3 is 2.45 bits per heavy atom. The fourth-order valence-corrected chi connectivity index (χ4v) is 1.83. The first-order valence-corrected chi connectivity index (χ1v) is 7.25. The van der Waals surface area contributed by atoms with Crippen molar-refractivity contribution >= 4 is 17.6 Å². The molecule has 0 saturated heterocycles. The lowest BCUT2D eigenvalue weighted by molar-refractivity contribution is 0.0499. The Hall–Kier alpha value is -2.56. The average Bonchev–Trinajstić information content (AvgIpc) is 2.95. The number of aryl methyl sites for hydroxylation is 1. The van der Waals surface area contributed by atoms with Crippen molar-refractivity contribution in [3.63, 3.8) is 0 Å². The number of amides is 1. The van der Waals surface area contributed by atoms with Gasteiger partial charge in [0.2, 0.25) is 0 Å². The topological polar surface area (TPSA) is 68.5 Å². The van der Waals surface area contributed by atoms with Crippen LogP contribution in [0.4, 0.5) is 5.69 Å². The smallest absolute Gasteiger partial charge is 0.338 e. The van der Waals surface area contributed by atoms with Gasteiger partial charge in [0.25, 0.3) is 5.91 Å². The summed E-state index contributed by atoms with van der Waals surface area (Å²) < 4.78 is 10.4. The van der Waals surface area contributed by atoms with Gasteiger partial charge in [0.05, 0.1) is 12.2 Å². The van der Waals surface area contributed by atoms with Crippen LogP contribution in [0.25, 0.3) is 0 Å². The summed E-state index contributed by atoms with van der Waals surface area (Å²) in [7, 11) is 0. The summed E-state index contributed by atoms with van der Waals surface area (Å²) in [5, 5.41) is 2.71. The van der Waals surface area contributed by atoms with Crippen LogP contribution in [-0.2, 0) is 4.74 Å². The molecule has 0 atom stereocenters. The normalized spacial score (nSPS) is 10.3. The molecule has 116 valence electrons. The molecule has 2 rings (SSSR count). The molecule has 0 aliphatic heterocycles. The van der Waals surface area contributed by atoms with E-state index < -0.39 is 0 Å². The number of rotatable bonds is 6. The van der Waals surface area contributed by atoms with Gasteiger partial charge < -0.3 is 14.5 Å². The van der Waals surface area contributed by atoms with E-state index in [2.05, 4.69) is 5.32 Å². The van der Waals surface area contributed by atoms with Gasteiger partial charge in [-0.1, -0.05) is 13.3 Å². The van der Waals surface area contributed by atoms with Crippen LogP contribution >= 0.6 is 0 Å². The van der Waals surface area contributed by atoms with Gasteiger partial charge in [-0.25, -0.2) is 4.79 Å². The molecule has 5 heteroatoms.